The van der Waals surface area contributed by atoms with E-state index in [4.69, 9.17) is 4.42 Å². The molecule has 0 unspecified atom stereocenters. The molecule has 1 aromatic heterocycles. The van der Waals surface area contributed by atoms with Gasteiger partial charge in [-0.25, -0.2) is 10.2 Å². The number of sulfonamides is 1. The van der Waals surface area contributed by atoms with Crippen molar-refractivity contribution in [2.45, 2.75) is 4.90 Å². The molecule has 0 bridgehead atoms. The van der Waals surface area contributed by atoms with Crippen LogP contribution in [-0.4, -0.2) is 67.5 Å². The van der Waals surface area contributed by atoms with Gasteiger partial charge in [-0.05, 0) is 30.3 Å². The Balaban J connectivity index is 1.29. The minimum Gasteiger partial charge on any atom is -0.400 e. The van der Waals surface area contributed by atoms with Crippen LogP contribution in [0.2, 0.25) is 0 Å². The van der Waals surface area contributed by atoms with Crippen LogP contribution < -0.4 is 10.3 Å². The summed E-state index contributed by atoms with van der Waals surface area (Å²) in [4.78, 5) is 27.8. The van der Waals surface area contributed by atoms with Crippen molar-refractivity contribution in [2.24, 2.45) is 9.50 Å². The minimum absolute atomic E-state index is 0.120. The van der Waals surface area contributed by atoms with Gasteiger partial charge in [-0.2, -0.15) is 13.5 Å². The van der Waals surface area contributed by atoms with Crippen LogP contribution in [-0.2, 0) is 10.0 Å². The zero-order valence-corrected chi connectivity index (χ0v) is 20.1. The highest BCUT2D eigenvalue weighted by Crippen LogP contribution is 2.37. The number of carbonyl (C=O) groups excluding carboxylic acids is 1. The number of guanidine groups is 1. The number of fused-ring (bicyclic) bond motifs is 1. The number of nitrogens with one attached hydrogen (secondary N) is 1. The number of anilines is 2. The van der Waals surface area contributed by atoms with E-state index >= 15 is 0 Å². The van der Waals surface area contributed by atoms with Gasteiger partial charge in [0.1, 0.15) is 9.82 Å². The molecule has 2 aromatic carbocycles. The monoisotopic (exact) mass is 523 g/mol. The molecule has 0 aliphatic carbocycles. The molecule has 0 radical (unpaired) electrons. The predicted octanol–water partition coefficient (Wildman–Crippen LogP) is 2.75. The van der Waals surface area contributed by atoms with E-state index in [0.717, 1.165) is 11.9 Å². The number of rotatable bonds is 4. The van der Waals surface area contributed by atoms with Crippen LogP contribution in [0.5, 0.6) is 0 Å². The molecule has 2 aliphatic heterocycles. The summed E-state index contributed by atoms with van der Waals surface area (Å²) >= 11 is 0. The third kappa shape index (κ3) is 4.86. The number of nitro groups is 1. The normalized spacial score (nSPS) is 16.9. The Labute approximate surface area is 211 Å². The van der Waals surface area contributed by atoms with Gasteiger partial charge in [-0.15, -0.1) is 4.40 Å². The number of hydrazone groups is 1. The van der Waals surface area contributed by atoms with Gasteiger partial charge in [0.2, 0.25) is 5.96 Å². The van der Waals surface area contributed by atoms with Crippen LogP contribution >= 0.6 is 0 Å². The quantitative estimate of drug-likeness (QED) is 0.311. The molecule has 190 valence electrons. The van der Waals surface area contributed by atoms with Gasteiger partial charge in [-0.3, -0.25) is 15.0 Å². The van der Waals surface area contributed by atoms with Crippen molar-refractivity contribution in [3.8, 4) is 0 Å². The van der Waals surface area contributed by atoms with Crippen LogP contribution in [0.3, 0.4) is 0 Å². The largest absolute Gasteiger partial charge is 0.433 e. The maximum absolute atomic E-state index is 13.0. The maximum atomic E-state index is 13.0. The minimum atomic E-state index is -3.91. The molecule has 37 heavy (non-hydrogen) atoms. The number of furan rings is 1. The SMILES string of the molecule is O=C(N/N=C/c1ccc([N+](=O)[O-])o1)N1CCN(C2=NS(=O)(=O)c3ccccc3N2c2ccccc2)CC1. The van der Waals surface area contributed by atoms with E-state index in [1.165, 1.54) is 23.1 Å². The zero-order valence-electron chi connectivity index (χ0n) is 19.3. The number of benzene rings is 2. The van der Waals surface area contributed by atoms with Crippen LogP contribution in [0.4, 0.5) is 22.1 Å². The molecule has 13 nitrogen and oxygen atoms in total. The second kappa shape index (κ2) is 9.73. The smallest absolute Gasteiger partial charge is 0.400 e. The summed E-state index contributed by atoms with van der Waals surface area (Å²) in [6.45, 7) is 1.25. The van der Waals surface area contributed by atoms with Gasteiger partial charge in [-0.1, -0.05) is 30.3 Å². The number of urea groups is 1. The Morgan fingerprint density at radius 3 is 2.43 bits per heavy atom. The van der Waals surface area contributed by atoms with Crippen molar-refractivity contribution in [1.29, 1.82) is 0 Å². The fourth-order valence-corrected chi connectivity index (χ4v) is 5.22. The number of hydrogen-bond acceptors (Lipinski definition) is 9. The van der Waals surface area contributed by atoms with Crippen molar-refractivity contribution in [1.82, 2.24) is 15.2 Å². The standard InChI is InChI=1S/C23H21N7O6S/c31-23(25-24-16-18-10-11-21(36-18)30(32)33)28-14-12-27(13-15-28)22-26-37(34,35)20-9-5-4-8-19(20)29(22)17-6-2-1-3-7-17/h1-11,16H,12-15H2,(H,25,31)/b24-16+. The van der Waals surface area contributed by atoms with E-state index < -0.39 is 26.9 Å². The highest BCUT2D eigenvalue weighted by atomic mass is 32.2. The van der Waals surface area contributed by atoms with Gasteiger partial charge >= 0.3 is 11.9 Å². The lowest BCUT2D eigenvalue weighted by Gasteiger charge is -2.41. The Hall–Kier alpha value is -4.72. The van der Waals surface area contributed by atoms with E-state index in [-0.39, 0.29) is 29.7 Å². The summed E-state index contributed by atoms with van der Waals surface area (Å²) < 4.78 is 35.0. The van der Waals surface area contributed by atoms with E-state index in [0.29, 0.717) is 18.8 Å². The average Bonchev–Trinajstić information content (AvgIpc) is 3.38. The molecular formula is C23H21N7O6S. The van der Waals surface area contributed by atoms with Crippen molar-refractivity contribution in [2.75, 3.05) is 31.1 Å². The second-order valence-corrected chi connectivity index (χ2v) is 9.66. The Morgan fingerprint density at radius 2 is 1.73 bits per heavy atom. The first kappa shape index (κ1) is 24.0. The Kier molecular flexibility index (Phi) is 6.31. The molecule has 5 rings (SSSR count). The number of amides is 2. The molecule has 0 spiro atoms. The fourth-order valence-electron chi connectivity index (χ4n) is 4.04. The maximum Gasteiger partial charge on any atom is 0.433 e. The molecule has 1 saturated heterocycles. The lowest BCUT2D eigenvalue weighted by molar-refractivity contribution is -0.402. The van der Waals surface area contributed by atoms with Gasteiger partial charge in [0, 0.05) is 31.9 Å². The number of para-hydroxylation sites is 2. The predicted molar refractivity (Wildman–Crippen MR) is 134 cm³/mol. The van der Waals surface area contributed by atoms with Crippen LogP contribution in [0.15, 0.2) is 85.5 Å². The van der Waals surface area contributed by atoms with Gasteiger partial charge in [0.05, 0.1) is 18.0 Å². The summed E-state index contributed by atoms with van der Waals surface area (Å²) in [5.41, 5.74) is 3.63. The van der Waals surface area contributed by atoms with Crippen LogP contribution in [0, 0.1) is 10.1 Å². The van der Waals surface area contributed by atoms with E-state index in [1.807, 2.05) is 35.2 Å². The molecular weight excluding hydrogens is 502 g/mol. The van der Waals surface area contributed by atoms with Crippen molar-refractivity contribution in [3.05, 3.63) is 82.6 Å². The van der Waals surface area contributed by atoms with Gasteiger partial charge in [0.25, 0.3) is 10.0 Å². The zero-order chi connectivity index (χ0) is 26.0. The third-order valence-corrected chi connectivity index (χ3v) is 7.10. The fraction of sp³-hybridized carbons (Fsp3) is 0.174. The van der Waals surface area contributed by atoms with E-state index in [9.17, 15) is 23.3 Å². The number of nitrogens with zero attached hydrogens (tertiary/aromatic N) is 6. The summed E-state index contributed by atoms with van der Waals surface area (Å²) in [7, 11) is -3.91. The molecule has 0 saturated carbocycles. The highest BCUT2D eigenvalue weighted by molar-refractivity contribution is 7.90. The Morgan fingerprint density at radius 1 is 1.03 bits per heavy atom. The molecule has 2 aliphatic rings. The number of piperazine rings is 1. The Bertz CT molecular complexity index is 1490. The highest BCUT2D eigenvalue weighted by Gasteiger charge is 2.36. The van der Waals surface area contributed by atoms with E-state index in [2.05, 4.69) is 14.9 Å². The molecule has 14 heteroatoms. The van der Waals surface area contributed by atoms with Gasteiger partial charge < -0.3 is 14.2 Å². The summed E-state index contributed by atoms with van der Waals surface area (Å²) in [6, 6.07) is 18.1. The first-order chi connectivity index (χ1) is 17.8. The van der Waals surface area contributed by atoms with Gasteiger partial charge in [0.15, 0.2) is 5.76 Å². The van der Waals surface area contributed by atoms with Crippen molar-refractivity contribution >= 4 is 45.5 Å². The third-order valence-electron chi connectivity index (χ3n) is 5.79. The second-order valence-electron chi connectivity index (χ2n) is 8.09. The number of hydrogen-bond donors (Lipinski definition) is 1. The molecule has 1 N–H and O–H groups in total. The molecule has 3 heterocycles. The molecule has 0 atom stereocenters. The summed E-state index contributed by atoms with van der Waals surface area (Å²) in [5, 5.41) is 14.5. The van der Waals surface area contributed by atoms with Crippen LogP contribution in [0.1, 0.15) is 5.76 Å². The lowest BCUT2D eigenvalue weighted by atomic mass is 10.2. The first-order valence-corrected chi connectivity index (χ1v) is 12.6. The summed E-state index contributed by atoms with van der Waals surface area (Å²) in [5.74, 6) is -0.0410. The van der Waals surface area contributed by atoms with E-state index in [1.54, 1.807) is 23.1 Å². The lowest BCUT2D eigenvalue weighted by Crippen LogP contribution is -2.56. The van der Waals surface area contributed by atoms with Crippen LogP contribution in [0.25, 0.3) is 0 Å². The first-order valence-electron chi connectivity index (χ1n) is 11.2. The molecule has 2 amide bonds. The molecule has 1 fully saturated rings. The number of carbonyl (C=O) groups is 1. The van der Waals surface area contributed by atoms with Crippen molar-refractivity contribution in [3.63, 3.8) is 0 Å². The average molecular weight is 524 g/mol. The topological polar surface area (TPSA) is 154 Å². The molecule has 3 aromatic rings. The van der Waals surface area contributed by atoms with Crippen molar-refractivity contribution < 1.29 is 22.6 Å². The summed E-state index contributed by atoms with van der Waals surface area (Å²) in [6.07, 6.45) is 1.16.